The van der Waals surface area contributed by atoms with Crippen LogP contribution in [0.3, 0.4) is 0 Å². The largest absolute Gasteiger partial charge is 0.359 e. The third-order valence-electron chi connectivity index (χ3n) is 4.35. The molecule has 0 unspecified atom stereocenters. The first-order chi connectivity index (χ1) is 10.9. The van der Waals surface area contributed by atoms with E-state index < -0.39 is 0 Å². The van der Waals surface area contributed by atoms with E-state index in [2.05, 4.69) is 43.2 Å². The summed E-state index contributed by atoms with van der Waals surface area (Å²) in [5.41, 5.74) is 0.381. The number of hydrogen-bond acceptors (Lipinski definition) is 2. The lowest BCUT2D eigenvalue weighted by molar-refractivity contribution is -0.121. The Kier molecular flexibility index (Phi) is 11.7. The van der Waals surface area contributed by atoms with Crippen molar-refractivity contribution in [2.24, 2.45) is 16.3 Å². The summed E-state index contributed by atoms with van der Waals surface area (Å²) in [4.78, 5) is 18.6. The van der Waals surface area contributed by atoms with Crippen LogP contribution in [-0.4, -0.2) is 50.0 Å². The van der Waals surface area contributed by atoms with Crippen molar-refractivity contribution in [3.63, 3.8) is 0 Å². The van der Waals surface area contributed by atoms with Gasteiger partial charge in [0.15, 0.2) is 5.96 Å². The quantitative estimate of drug-likeness (QED) is 0.282. The normalized spacial score (nSPS) is 16.5. The number of aliphatic imine (C=N–C) groups is 1. The van der Waals surface area contributed by atoms with Crippen LogP contribution < -0.4 is 10.6 Å². The number of carbonyl (C=O) groups is 1. The van der Waals surface area contributed by atoms with Crippen molar-refractivity contribution in [3.8, 4) is 0 Å². The molecule has 0 aromatic carbocycles. The summed E-state index contributed by atoms with van der Waals surface area (Å²) in [7, 11) is 1.71. The Hall–Kier alpha value is -0.530. The molecule has 0 aromatic rings. The van der Waals surface area contributed by atoms with Crippen molar-refractivity contribution in [2.45, 2.75) is 59.8 Å². The molecule has 0 aromatic heterocycles. The van der Waals surface area contributed by atoms with Gasteiger partial charge in [0.1, 0.15) is 0 Å². The van der Waals surface area contributed by atoms with Gasteiger partial charge in [0.2, 0.25) is 5.91 Å². The molecule has 1 saturated heterocycles. The third kappa shape index (κ3) is 9.69. The highest BCUT2D eigenvalue weighted by atomic mass is 127. The minimum atomic E-state index is 0. The van der Waals surface area contributed by atoms with Gasteiger partial charge in [0.05, 0.1) is 0 Å². The summed E-state index contributed by atoms with van der Waals surface area (Å²) >= 11 is 0. The number of guanidine groups is 1. The van der Waals surface area contributed by atoms with E-state index in [-0.39, 0.29) is 29.9 Å². The summed E-state index contributed by atoms with van der Waals surface area (Å²) in [6, 6.07) is 0. The second-order valence-corrected chi connectivity index (χ2v) is 7.71. The Morgan fingerprint density at radius 2 is 1.88 bits per heavy atom. The molecule has 1 fully saturated rings. The molecule has 1 aliphatic rings. The number of rotatable bonds is 6. The number of piperidine rings is 1. The van der Waals surface area contributed by atoms with Gasteiger partial charge in [0.25, 0.3) is 0 Å². The highest BCUT2D eigenvalue weighted by molar-refractivity contribution is 14.0. The van der Waals surface area contributed by atoms with Crippen LogP contribution >= 0.6 is 24.0 Å². The monoisotopic (exact) mass is 452 g/mol. The molecule has 0 atom stereocenters. The fourth-order valence-electron chi connectivity index (χ4n) is 2.93. The van der Waals surface area contributed by atoms with Gasteiger partial charge < -0.3 is 15.5 Å². The van der Waals surface area contributed by atoms with E-state index >= 15 is 0 Å². The molecule has 1 rings (SSSR count). The van der Waals surface area contributed by atoms with Crippen molar-refractivity contribution >= 4 is 35.8 Å². The second-order valence-electron chi connectivity index (χ2n) is 7.71. The molecular formula is C18H37IN4O. The maximum absolute atomic E-state index is 11.5. The summed E-state index contributed by atoms with van der Waals surface area (Å²) < 4.78 is 0. The SMILES string of the molecule is CCNC(=NCCCC(C)(C)C)N1CCC(CC(=O)NC)CC1.I. The number of likely N-dealkylation sites (tertiary alicyclic amines) is 1. The first kappa shape index (κ1) is 23.5. The van der Waals surface area contributed by atoms with E-state index in [1.54, 1.807) is 7.05 Å². The molecule has 24 heavy (non-hydrogen) atoms. The zero-order valence-electron chi connectivity index (χ0n) is 16.2. The van der Waals surface area contributed by atoms with Crippen LogP contribution in [0.1, 0.15) is 59.8 Å². The standard InChI is InChI=1S/C18H36N4O.HI/c1-6-20-17(21-11-7-10-18(2,3)4)22-12-8-15(9-13-22)14-16(23)19-5;/h15H,6-14H2,1-5H3,(H,19,23)(H,20,21);1H. The maximum Gasteiger partial charge on any atom is 0.220 e. The molecule has 0 radical (unpaired) electrons. The first-order valence-corrected chi connectivity index (χ1v) is 9.09. The molecule has 0 spiro atoms. The van der Waals surface area contributed by atoms with E-state index in [0.717, 1.165) is 51.4 Å². The molecule has 0 bridgehead atoms. The molecule has 0 aliphatic carbocycles. The number of amides is 1. The topological polar surface area (TPSA) is 56.7 Å². The number of hydrogen-bond donors (Lipinski definition) is 2. The van der Waals surface area contributed by atoms with Gasteiger partial charge >= 0.3 is 0 Å². The number of halogens is 1. The first-order valence-electron chi connectivity index (χ1n) is 9.09. The molecule has 1 heterocycles. The fourth-order valence-corrected chi connectivity index (χ4v) is 2.93. The van der Waals surface area contributed by atoms with E-state index in [9.17, 15) is 4.79 Å². The number of carbonyl (C=O) groups excluding carboxylic acids is 1. The lowest BCUT2D eigenvalue weighted by atomic mass is 9.91. The second kappa shape index (κ2) is 11.9. The van der Waals surface area contributed by atoms with Crippen LogP contribution in [0.25, 0.3) is 0 Å². The van der Waals surface area contributed by atoms with Gasteiger partial charge in [-0.2, -0.15) is 0 Å². The van der Waals surface area contributed by atoms with Crippen molar-refractivity contribution in [2.75, 3.05) is 33.2 Å². The van der Waals surface area contributed by atoms with E-state index in [4.69, 9.17) is 4.99 Å². The predicted octanol–water partition coefficient (Wildman–Crippen LogP) is 3.24. The highest BCUT2D eigenvalue weighted by Gasteiger charge is 2.23. The smallest absolute Gasteiger partial charge is 0.220 e. The van der Waals surface area contributed by atoms with Crippen LogP contribution in [0.5, 0.6) is 0 Å². The molecule has 1 aliphatic heterocycles. The van der Waals surface area contributed by atoms with Gasteiger partial charge in [-0.25, -0.2) is 0 Å². The lowest BCUT2D eigenvalue weighted by Crippen LogP contribution is -2.46. The molecule has 5 nitrogen and oxygen atoms in total. The maximum atomic E-state index is 11.5. The zero-order valence-corrected chi connectivity index (χ0v) is 18.5. The minimum absolute atomic E-state index is 0. The molecule has 0 saturated carbocycles. The number of nitrogens with one attached hydrogen (secondary N) is 2. The summed E-state index contributed by atoms with van der Waals surface area (Å²) in [5.74, 6) is 1.71. The Bertz CT molecular complexity index is 385. The van der Waals surface area contributed by atoms with Crippen LogP contribution in [0.15, 0.2) is 4.99 Å². The van der Waals surface area contributed by atoms with Gasteiger partial charge in [0, 0.05) is 39.6 Å². The molecule has 1 amide bonds. The summed E-state index contributed by atoms with van der Waals surface area (Å²) in [6.07, 6.45) is 5.12. The van der Waals surface area contributed by atoms with Crippen molar-refractivity contribution in [1.82, 2.24) is 15.5 Å². The van der Waals surface area contributed by atoms with Crippen molar-refractivity contribution < 1.29 is 4.79 Å². The van der Waals surface area contributed by atoms with Crippen molar-refractivity contribution in [3.05, 3.63) is 0 Å². The average molecular weight is 452 g/mol. The lowest BCUT2D eigenvalue weighted by Gasteiger charge is -2.34. The summed E-state index contributed by atoms with van der Waals surface area (Å²) in [5, 5.41) is 6.14. The van der Waals surface area contributed by atoms with Crippen LogP contribution in [0.4, 0.5) is 0 Å². The average Bonchev–Trinajstić information content (AvgIpc) is 2.50. The van der Waals surface area contributed by atoms with Gasteiger partial charge in [-0.3, -0.25) is 9.79 Å². The van der Waals surface area contributed by atoms with E-state index in [1.165, 1.54) is 6.42 Å². The predicted molar refractivity (Wildman–Crippen MR) is 113 cm³/mol. The van der Waals surface area contributed by atoms with Gasteiger partial charge in [-0.15, -0.1) is 24.0 Å². The molecule has 2 N–H and O–H groups in total. The minimum Gasteiger partial charge on any atom is -0.359 e. The Labute approximate surface area is 165 Å². The fraction of sp³-hybridized carbons (Fsp3) is 0.889. The van der Waals surface area contributed by atoms with Crippen molar-refractivity contribution in [1.29, 1.82) is 0 Å². The molecule has 6 heteroatoms. The zero-order chi connectivity index (χ0) is 17.3. The number of nitrogens with zero attached hydrogens (tertiary/aromatic N) is 2. The molecular weight excluding hydrogens is 415 g/mol. The third-order valence-corrected chi connectivity index (χ3v) is 4.35. The van der Waals surface area contributed by atoms with Crippen LogP contribution in [0.2, 0.25) is 0 Å². The Morgan fingerprint density at radius 3 is 2.38 bits per heavy atom. The van der Waals surface area contributed by atoms with E-state index in [0.29, 0.717) is 17.8 Å². The Balaban J connectivity index is 0.00000529. The van der Waals surface area contributed by atoms with E-state index in [1.807, 2.05) is 0 Å². The van der Waals surface area contributed by atoms with Gasteiger partial charge in [-0.1, -0.05) is 20.8 Å². The van der Waals surface area contributed by atoms with Crippen LogP contribution in [0, 0.1) is 11.3 Å². The van der Waals surface area contributed by atoms with Crippen LogP contribution in [-0.2, 0) is 4.79 Å². The highest BCUT2D eigenvalue weighted by Crippen LogP contribution is 2.21. The van der Waals surface area contributed by atoms with Gasteiger partial charge in [-0.05, 0) is 43.9 Å². The molecule has 142 valence electrons. The summed E-state index contributed by atoms with van der Waals surface area (Å²) in [6.45, 7) is 12.7. The Morgan fingerprint density at radius 1 is 1.25 bits per heavy atom.